The Morgan fingerprint density at radius 3 is 2.67 bits per heavy atom. The van der Waals surface area contributed by atoms with Gasteiger partial charge in [0.1, 0.15) is 5.76 Å². The van der Waals surface area contributed by atoms with E-state index in [0.717, 1.165) is 5.56 Å². The van der Waals surface area contributed by atoms with Gasteiger partial charge in [0.2, 0.25) is 11.8 Å². The molecule has 0 aliphatic carbocycles. The van der Waals surface area contributed by atoms with Crippen molar-refractivity contribution in [3.63, 3.8) is 0 Å². The van der Waals surface area contributed by atoms with E-state index in [1.54, 1.807) is 36.4 Å². The van der Waals surface area contributed by atoms with E-state index >= 15 is 0 Å². The maximum atomic E-state index is 11.9. The first kappa shape index (κ1) is 20.0. The molecule has 7 heteroatoms. The quantitative estimate of drug-likeness (QED) is 0.588. The predicted octanol–water partition coefficient (Wildman–Crippen LogP) is 1.87. The lowest BCUT2D eigenvalue weighted by atomic mass is 10.1. The maximum absolute atomic E-state index is 11.9. The van der Waals surface area contributed by atoms with Gasteiger partial charge >= 0.3 is 0 Å². The number of hydrogen-bond donors (Lipinski definition) is 3. The minimum atomic E-state index is -0.297. The third-order valence-corrected chi connectivity index (χ3v) is 3.61. The standard InChI is InChI=1S/C20H23N3O4/c1-2-21-20(26)16-6-3-5-15(13-16)14-23-19(25)10-11-22-18(24)9-8-17-7-4-12-27-17/h3-9,12-13H,2,10-11,14H2,1H3,(H,21,26)(H,22,24)(H,23,25)/b9-8+. The van der Waals surface area contributed by atoms with Gasteiger partial charge in [-0.15, -0.1) is 0 Å². The Morgan fingerprint density at radius 2 is 1.93 bits per heavy atom. The summed E-state index contributed by atoms with van der Waals surface area (Å²) in [6.45, 7) is 2.96. The largest absolute Gasteiger partial charge is 0.465 e. The normalized spacial score (nSPS) is 10.6. The summed E-state index contributed by atoms with van der Waals surface area (Å²) < 4.78 is 5.08. The van der Waals surface area contributed by atoms with Crippen LogP contribution in [0.5, 0.6) is 0 Å². The van der Waals surface area contributed by atoms with Crippen molar-refractivity contribution in [1.29, 1.82) is 0 Å². The van der Waals surface area contributed by atoms with Crippen molar-refractivity contribution in [2.75, 3.05) is 13.1 Å². The zero-order valence-electron chi connectivity index (χ0n) is 15.2. The third kappa shape index (κ3) is 7.19. The lowest BCUT2D eigenvalue weighted by Gasteiger charge is -2.08. The number of carbonyl (C=O) groups is 3. The molecule has 0 bridgehead atoms. The Hall–Kier alpha value is -3.35. The van der Waals surface area contributed by atoms with Crippen molar-refractivity contribution < 1.29 is 18.8 Å². The Labute approximate surface area is 157 Å². The molecular weight excluding hydrogens is 346 g/mol. The molecule has 0 spiro atoms. The van der Waals surface area contributed by atoms with Gasteiger partial charge in [0.15, 0.2) is 0 Å². The zero-order chi connectivity index (χ0) is 19.5. The molecule has 27 heavy (non-hydrogen) atoms. The fraction of sp³-hybridized carbons (Fsp3) is 0.250. The van der Waals surface area contributed by atoms with E-state index in [4.69, 9.17) is 4.42 Å². The molecule has 0 saturated carbocycles. The summed E-state index contributed by atoms with van der Waals surface area (Å²) in [6.07, 6.45) is 4.59. The second kappa shape index (κ2) is 10.6. The highest BCUT2D eigenvalue weighted by atomic mass is 16.3. The molecule has 0 unspecified atom stereocenters. The van der Waals surface area contributed by atoms with Gasteiger partial charge < -0.3 is 20.4 Å². The van der Waals surface area contributed by atoms with Gasteiger partial charge in [0, 0.05) is 37.7 Å². The molecule has 0 aliphatic heterocycles. The van der Waals surface area contributed by atoms with Crippen molar-refractivity contribution in [2.24, 2.45) is 0 Å². The van der Waals surface area contributed by atoms with Crippen LogP contribution >= 0.6 is 0 Å². The number of hydrogen-bond acceptors (Lipinski definition) is 4. The third-order valence-electron chi connectivity index (χ3n) is 3.61. The van der Waals surface area contributed by atoms with E-state index in [2.05, 4.69) is 16.0 Å². The van der Waals surface area contributed by atoms with Gasteiger partial charge in [0.25, 0.3) is 5.91 Å². The fourth-order valence-corrected chi connectivity index (χ4v) is 2.28. The Balaban J connectivity index is 1.69. The summed E-state index contributed by atoms with van der Waals surface area (Å²) in [5.74, 6) is -0.0451. The molecule has 0 fully saturated rings. The zero-order valence-corrected chi connectivity index (χ0v) is 15.2. The molecule has 7 nitrogen and oxygen atoms in total. The van der Waals surface area contributed by atoms with E-state index in [-0.39, 0.29) is 30.7 Å². The molecule has 0 radical (unpaired) electrons. The molecule has 1 aromatic carbocycles. The lowest BCUT2D eigenvalue weighted by Crippen LogP contribution is -2.29. The topological polar surface area (TPSA) is 100 Å². The average molecular weight is 369 g/mol. The van der Waals surface area contributed by atoms with Gasteiger partial charge in [-0.05, 0) is 42.8 Å². The molecule has 3 N–H and O–H groups in total. The van der Waals surface area contributed by atoms with Crippen LogP contribution in [0.3, 0.4) is 0 Å². The van der Waals surface area contributed by atoms with E-state index in [0.29, 0.717) is 24.4 Å². The van der Waals surface area contributed by atoms with Crippen LogP contribution in [0.1, 0.15) is 35.0 Å². The smallest absolute Gasteiger partial charge is 0.251 e. The average Bonchev–Trinajstić information content (AvgIpc) is 3.19. The summed E-state index contributed by atoms with van der Waals surface area (Å²) in [4.78, 5) is 35.4. The van der Waals surface area contributed by atoms with E-state index < -0.39 is 0 Å². The molecule has 1 aromatic heterocycles. The highest BCUT2D eigenvalue weighted by Crippen LogP contribution is 2.05. The van der Waals surface area contributed by atoms with E-state index in [1.165, 1.54) is 12.3 Å². The fourth-order valence-electron chi connectivity index (χ4n) is 2.28. The van der Waals surface area contributed by atoms with Crippen LogP contribution in [0.4, 0.5) is 0 Å². The SMILES string of the molecule is CCNC(=O)c1cccc(CNC(=O)CCNC(=O)/C=C/c2ccco2)c1. The number of carbonyl (C=O) groups excluding carboxylic acids is 3. The predicted molar refractivity (Wildman–Crippen MR) is 102 cm³/mol. The van der Waals surface area contributed by atoms with Crippen molar-refractivity contribution in [3.8, 4) is 0 Å². The number of benzene rings is 1. The van der Waals surface area contributed by atoms with Crippen LogP contribution in [0.2, 0.25) is 0 Å². The second-order valence-electron chi connectivity index (χ2n) is 5.73. The first-order valence-electron chi connectivity index (χ1n) is 8.71. The van der Waals surface area contributed by atoms with Gasteiger partial charge in [0.05, 0.1) is 6.26 Å². The number of furan rings is 1. The summed E-state index contributed by atoms with van der Waals surface area (Å²) >= 11 is 0. The van der Waals surface area contributed by atoms with Gasteiger partial charge in [-0.25, -0.2) is 0 Å². The minimum Gasteiger partial charge on any atom is -0.465 e. The van der Waals surface area contributed by atoms with Crippen LogP contribution in [-0.2, 0) is 16.1 Å². The van der Waals surface area contributed by atoms with Crippen LogP contribution in [-0.4, -0.2) is 30.8 Å². The highest BCUT2D eigenvalue weighted by molar-refractivity contribution is 5.94. The monoisotopic (exact) mass is 369 g/mol. The molecule has 142 valence electrons. The lowest BCUT2D eigenvalue weighted by molar-refractivity contribution is -0.121. The second-order valence-corrected chi connectivity index (χ2v) is 5.73. The Morgan fingerprint density at radius 1 is 1.07 bits per heavy atom. The maximum Gasteiger partial charge on any atom is 0.251 e. The number of amides is 3. The van der Waals surface area contributed by atoms with Crippen LogP contribution in [0.15, 0.2) is 53.2 Å². The number of rotatable bonds is 9. The molecule has 2 aromatic rings. The minimum absolute atomic E-state index is 0.143. The molecule has 0 atom stereocenters. The van der Waals surface area contributed by atoms with Crippen molar-refractivity contribution in [1.82, 2.24) is 16.0 Å². The first-order valence-corrected chi connectivity index (χ1v) is 8.71. The van der Waals surface area contributed by atoms with Gasteiger partial charge in [-0.1, -0.05) is 12.1 Å². The van der Waals surface area contributed by atoms with Crippen molar-refractivity contribution in [3.05, 3.63) is 65.6 Å². The van der Waals surface area contributed by atoms with Gasteiger partial charge in [-0.2, -0.15) is 0 Å². The van der Waals surface area contributed by atoms with Crippen LogP contribution in [0.25, 0.3) is 6.08 Å². The first-order chi connectivity index (χ1) is 13.1. The number of nitrogens with one attached hydrogen (secondary N) is 3. The van der Waals surface area contributed by atoms with E-state index in [9.17, 15) is 14.4 Å². The molecular formula is C20H23N3O4. The van der Waals surface area contributed by atoms with Gasteiger partial charge in [-0.3, -0.25) is 14.4 Å². The summed E-state index contributed by atoms with van der Waals surface area (Å²) in [7, 11) is 0. The highest BCUT2D eigenvalue weighted by Gasteiger charge is 2.06. The van der Waals surface area contributed by atoms with Crippen LogP contribution in [0, 0.1) is 0 Å². The Bertz CT molecular complexity index is 797. The Kier molecular flexibility index (Phi) is 7.84. The molecule has 2 rings (SSSR count). The van der Waals surface area contributed by atoms with Crippen LogP contribution < -0.4 is 16.0 Å². The molecule has 3 amide bonds. The molecule has 0 saturated heterocycles. The summed E-state index contributed by atoms with van der Waals surface area (Å²) in [6, 6.07) is 10.5. The molecule has 1 heterocycles. The molecule has 0 aliphatic rings. The summed E-state index contributed by atoms with van der Waals surface area (Å²) in [5, 5.41) is 8.14. The summed E-state index contributed by atoms with van der Waals surface area (Å²) in [5.41, 5.74) is 1.39. The van der Waals surface area contributed by atoms with Crippen molar-refractivity contribution in [2.45, 2.75) is 19.9 Å². The van der Waals surface area contributed by atoms with E-state index in [1.807, 2.05) is 13.0 Å². The van der Waals surface area contributed by atoms with Crippen molar-refractivity contribution >= 4 is 23.8 Å².